The van der Waals surface area contributed by atoms with Crippen LogP contribution in [0.5, 0.6) is 0 Å². The lowest BCUT2D eigenvalue weighted by Crippen LogP contribution is -2.51. The van der Waals surface area contributed by atoms with Crippen molar-refractivity contribution in [3.8, 4) is 0 Å². The molecule has 0 unspecified atom stereocenters. The van der Waals surface area contributed by atoms with Gasteiger partial charge in [-0.3, -0.25) is 0 Å². The Morgan fingerprint density at radius 2 is 2.14 bits per heavy atom. The molecule has 0 bridgehead atoms. The van der Waals surface area contributed by atoms with E-state index in [9.17, 15) is 5.11 Å². The lowest BCUT2D eigenvalue weighted by Gasteiger charge is -2.42. The van der Waals surface area contributed by atoms with Gasteiger partial charge in [0.2, 0.25) is 0 Å². The van der Waals surface area contributed by atoms with Gasteiger partial charge in [-0.05, 0) is 37.0 Å². The molecule has 0 atom stereocenters. The molecule has 1 fully saturated rings. The van der Waals surface area contributed by atoms with Crippen LogP contribution in [-0.2, 0) is 5.54 Å². The Balaban J connectivity index is 2.29. The van der Waals surface area contributed by atoms with E-state index >= 15 is 0 Å². The molecule has 3 heteroatoms. The zero-order valence-corrected chi connectivity index (χ0v) is 9.71. The lowest BCUT2D eigenvalue weighted by molar-refractivity contribution is 0.0209. The summed E-state index contributed by atoms with van der Waals surface area (Å²) in [5, 5.41) is 9.28. The summed E-state index contributed by atoms with van der Waals surface area (Å²) in [6, 6.07) is 6.16. The van der Waals surface area contributed by atoms with E-state index in [0.717, 1.165) is 10.0 Å². The highest BCUT2D eigenvalue weighted by atomic mass is 79.9. The number of hydrogen-bond donors (Lipinski definition) is 2. The number of nitrogens with two attached hydrogens (primary N) is 1. The monoisotopic (exact) mass is 255 g/mol. The second-order valence-corrected chi connectivity index (χ2v) is 5.04. The van der Waals surface area contributed by atoms with Crippen LogP contribution in [0, 0.1) is 6.92 Å². The normalized spacial score (nSPS) is 31.3. The van der Waals surface area contributed by atoms with Gasteiger partial charge in [-0.25, -0.2) is 0 Å². The van der Waals surface area contributed by atoms with E-state index in [0.29, 0.717) is 12.8 Å². The molecular weight excluding hydrogens is 242 g/mol. The van der Waals surface area contributed by atoms with Crippen molar-refractivity contribution in [1.82, 2.24) is 0 Å². The first-order valence-electron chi connectivity index (χ1n) is 4.75. The van der Waals surface area contributed by atoms with Crippen molar-refractivity contribution in [3.63, 3.8) is 0 Å². The molecule has 2 rings (SSSR count). The first kappa shape index (κ1) is 10.1. The van der Waals surface area contributed by atoms with Gasteiger partial charge in [-0.2, -0.15) is 0 Å². The zero-order valence-electron chi connectivity index (χ0n) is 8.13. The maximum atomic E-state index is 9.28. The molecule has 0 spiro atoms. The second-order valence-electron chi connectivity index (χ2n) is 4.18. The minimum atomic E-state index is -0.310. The largest absolute Gasteiger partial charge is 0.393 e. The van der Waals surface area contributed by atoms with E-state index in [4.69, 9.17) is 5.73 Å². The number of aliphatic hydroxyl groups excluding tert-OH is 1. The highest BCUT2D eigenvalue weighted by molar-refractivity contribution is 9.10. The van der Waals surface area contributed by atoms with E-state index < -0.39 is 0 Å². The quantitative estimate of drug-likeness (QED) is 0.807. The molecule has 2 nitrogen and oxygen atoms in total. The van der Waals surface area contributed by atoms with E-state index in [-0.39, 0.29) is 11.6 Å². The van der Waals surface area contributed by atoms with Crippen LogP contribution in [0.15, 0.2) is 22.7 Å². The second kappa shape index (κ2) is 3.33. The minimum absolute atomic E-state index is 0.222. The number of halogens is 1. The third-order valence-electron chi connectivity index (χ3n) is 2.95. The summed E-state index contributed by atoms with van der Waals surface area (Å²) in [5.74, 6) is 0. The molecule has 76 valence electrons. The molecule has 0 aromatic heterocycles. The summed E-state index contributed by atoms with van der Waals surface area (Å²) in [6.45, 7) is 2.05. The fraction of sp³-hybridized carbons (Fsp3) is 0.455. The number of hydrogen-bond acceptors (Lipinski definition) is 2. The molecule has 1 saturated carbocycles. The SMILES string of the molecule is Cc1ccc(C2(N)CC(O)C2)cc1Br. The van der Waals surface area contributed by atoms with Crippen molar-refractivity contribution in [1.29, 1.82) is 0 Å². The van der Waals surface area contributed by atoms with Crippen molar-refractivity contribution in [2.75, 3.05) is 0 Å². The van der Waals surface area contributed by atoms with Crippen LogP contribution < -0.4 is 5.73 Å². The third kappa shape index (κ3) is 1.60. The molecule has 0 amide bonds. The van der Waals surface area contributed by atoms with Gasteiger partial charge in [0.15, 0.2) is 0 Å². The van der Waals surface area contributed by atoms with E-state index in [1.165, 1.54) is 5.56 Å². The molecule has 1 aliphatic carbocycles. The van der Waals surface area contributed by atoms with E-state index in [1.807, 2.05) is 13.0 Å². The molecule has 1 aromatic carbocycles. The average Bonchev–Trinajstić information content (AvgIpc) is 2.07. The lowest BCUT2D eigenvalue weighted by atomic mass is 9.70. The van der Waals surface area contributed by atoms with Crippen LogP contribution in [-0.4, -0.2) is 11.2 Å². The van der Waals surface area contributed by atoms with Crippen molar-refractivity contribution in [2.24, 2.45) is 5.73 Å². The van der Waals surface area contributed by atoms with Crippen molar-refractivity contribution in [3.05, 3.63) is 33.8 Å². The molecule has 0 aliphatic heterocycles. The van der Waals surface area contributed by atoms with Gasteiger partial charge in [0.25, 0.3) is 0 Å². The van der Waals surface area contributed by atoms with E-state index in [2.05, 4.69) is 28.1 Å². The molecule has 0 radical (unpaired) electrons. The van der Waals surface area contributed by atoms with Crippen LogP contribution in [0.25, 0.3) is 0 Å². The van der Waals surface area contributed by atoms with Gasteiger partial charge in [0, 0.05) is 10.0 Å². The first-order valence-corrected chi connectivity index (χ1v) is 5.54. The van der Waals surface area contributed by atoms with Gasteiger partial charge in [0.1, 0.15) is 0 Å². The van der Waals surface area contributed by atoms with Crippen molar-refractivity contribution in [2.45, 2.75) is 31.4 Å². The zero-order chi connectivity index (χ0) is 10.3. The van der Waals surface area contributed by atoms with Gasteiger partial charge in [-0.15, -0.1) is 0 Å². The van der Waals surface area contributed by atoms with Gasteiger partial charge in [-0.1, -0.05) is 28.1 Å². The summed E-state index contributed by atoms with van der Waals surface area (Å²) < 4.78 is 1.08. The molecule has 3 N–H and O–H groups in total. The standard InChI is InChI=1S/C11H14BrNO/c1-7-2-3-8(4-10(7)12)11(13)5-9(14)6-11/h2-4,9,14H,5-6,13H2,1H3. The average molecular weight is 256 g/mol. The third-order valence-corrected chi connectivity index (χ3v) is 3.80. The predicted molar refractivity (Wildman–Crippen MR) is 60.0 cm³/mol. The van der Waals surface area contributed by atoms with E-state index in [1.54, 1.807) is 0 Å². The molecule has 1 aromatic rings. The van der Waals surface area contributed by atoms with Gasteiger partial charge >= 0.3 is 0 Å². The number of rotatable bonds is 1. The number of aryl methyl sites for hydroxylation is 1. The Hall–Kier alpha value is -0.380. The molecule has 0 saturated heterocycles. The Labute approximate surface area is 92.3 Å². The molecule has 1 aliphatic rings. The predicted octanol–water partition coefficient (Wildman–Crippen LogP) is 2.07. The Kier molecular flexibility index (Phi) is 2.41. The Bertz CT molecular complexity index is 358. The van der Waals surface area contributed by atoms with Gasteiger partial charge < -0.3 is 10.8 Å². The summed E-state index contributed by atoms with van der Waals surface area (Å²) in [7, 11) is 0. The van der Waals surface area contributed by atoms with Crippen LogP contribution in [0.2, 0.25) is 0 Å². The number of aliphatic hydroxyl groups is 1. The topological polar surface area (TPSA) is 46.2 Å². The first-order chi connectivity index (χ1) is 6.51. The van der Waals surface area contributed by atoms with Crippen LogP contribution in [0.3, 0.4) is 0 Å². The van der Waals surface area contributed by atoms with Crippen LogP contribution in [0.4, 0.5) is 0 Å². The van der Waals surface area contributed by atoms with Crippen molar-refractivity contribution < 1.29 is 5.11 Å². The molecular formula is C11H14BrNO. The summed E-state index contributed by atoms with van der Waals surface area (Å²) in [6.07, 6.45) is 1.12. The maximum absolute atomic E-state index is 9.28. The summed E-state index contributed by atoms with van der Waals surface area (Å²) >= 11 is 3.49. The van der Waals surface area contributed by atoms with Crippen LogP contribution in [0.1, 0.15) is 24.0 Å². The van der Waals surface area contributed by atoms with Gasteiger partial charge in [0.05, 0.1) is 6.10 Å². The Morgan fingerprint density at radius 1 is 1.50 bits per heavy atom. The van der Waals surface area contributed by atoms with Crippen molar-refractivity contribution >= 4 is 15.9 Å². The fourth-order valence-electron chi connectivity index (χ4n) is 1.92. The summed E-state index contributed by atoms with van der Waals surface area (Å²) in [4.78, 5) is 0. The Morgan fingerprint density at radius 3 is 2.64 bits per heavy atom. The summed E-state index contributed by atoms with van der Waals surface area (Å²) in [5.41, 5.74) is 8.16. The minimum Gasteiger partial charge on any atom is -0.393 e. The number of benzene rings is 1. The molecule has 14 heavy (non-hydrogen) atoms. The highest BCUT2D eigenvalue weighted by Gasteiger charge is 2.41. The van der Waals surface area contributed by atoms with Crippen LogP contribution >= 0.6 is 15.9 Å². The highest BCUT2D eigenvalue weighted by Crippen LogP contribution is 2.40. The molecule has 0 heterocycles. The fourth-order valence-corrected chi connectivity index (χ4v) is 2.30. The maximum Gasteiger partial charge on any atom is 0.0582 e. The smallest absolute Gasteiger partial charge is 0.0582 e.